The highest BCUT2D eigenvalue weighted by Crippen LogP contribution is 2.27. The predicted molar refractivity (Wildman–Crippen MR) is 130 cm³/mol. The van der Waals surface area contributed by atoms with E-state index in [-0.39, 0.29) is 11.8 Å². The van der Waals surface area contributed by atoms with Gasteiger partial charge in [0.2, 0.25) is 5.91 Å². The second kappa shape index (κ2) is 9.77. The van der Waals surface area contributed by atoms with Crippen LogP contribution in [-0.4, -0.2) is 31.6 Å². The monoisotopic (exact) mass is 451 g/mol. The number of hydrogen-bond acceptors (Lipinski definition) is 4. The van der Waals surface area contributed by atoms with E-state index in [0.29, 0.717) is 49.5 Å². The Morgan fingerprint density at radius 3 is 2.73 bits per heavy atom. The summed E-state index contributed by atoms with van der Waals surface area (Å²) in [4.78, 5) is 47.5. The van der Waals surface area contributed by atoms with Crippen molar-refractivity contribution in [2.45, 2.75) is 72.4 Å². The first-order chi connectivity index (χ1) is 15.9. The molecule has 0 saturated carbocycles. The molecule has 1 N–H and O–H groups in total. The smallest absolute Gasteiger partial charge is 0.322 e. The van der Waals surface area contributed by atoms with Crippen LogP contribution < -0.4 is 16.1 Å². The molecule has 3 heterocycles. The summed E-state index contributed by atoms with van der Waals surface area (Å²) in [6, 6.07) is 8.07. The normalized spacial score (nSPS) is 13.6. The van der Waals surface area contributed by atoms with Crippen LogP contribution in [0.4, 0.5) is 5.69 Å². The number of imidazole rings is 1. The molecule has 8 heteroatoms. The molecule has 33 heavy (non-hydrogen) atoms. The number of rotatable bonds is 8. The number of carbonyl (C=O) groups excluding carboxylic acids is 1. The first-order valence-electron chi connectivity index (χ1n) is 12.0. The van der Waals surface area contributed by atoms with Gasteiger partial charge in [0.1, 0.15) is 5.82 Å². The topological polar surface area (TPSA) is 93.0 Å². The predicted octanol–water partition coefficient (Wildman–Crippen LogP) is 3.25. The maximum absolute atomic E-state index is 13.2. The van der Waals surface area contributed by atoms with Gasteiger partial charge in [-0.2, -0.15) is 0 Å². The van der Waals surface area contributed by atoms with Crippen molar-refractivity contribution in [3.8, 4) is 0 Å². The third-order valence-electron chi connectivity index (χ3n) is 6.22. The molecule has 3 aromatic rings. The average molecular weight is 452 g/mol. The molecule has 1 amide bonds. The van der Waals surface area contributed by atoms with Crippen molar-refractivity contribution in [2.24, 2.45) is 5.92 Å². The molecule has 1 aliphatic rings. The molecule has 4 rings (SSSR count). The van der Waals surface area contributed by atoms with E-state index in [1.54, 1.807) is 4.57 Å². The van der Waals surface area contributed by atoms with E-state index in [2.05, 4.69) is 31.8 Å². The molecule has 0 bridgehead atoms. The zero-order valence-corrected chi connectivity index (χ0v) is 19.8. The van der Waals surface area contributed by atoms with Crippen molar-refractivity contribution >= 4 is 22.8 Å². The number of carbonyl (C=O) groups is 1. The highest BCUT2D eigenvalue weighted by Gasteiger charge is 2.24. The summed E-state index contributed by atoms with van der Waals surface area (Å²) in [5, 5.41) is 0. The molecule has 0 saturated heterocycles. The third kappa shape index (κ3) is 4.65. The zero-order chi connectivity index (χ0) is 23.5. The summed E-state index contributed by atoms with van der Waals surface area (Å²) >= 11 is 0. The lowest BCUT2D eigenvalue weighted by Gasteiger charge is -2.29. The number of benzene rings is 1. The number of H-pyrrole nitrogens is 1. The highest BCUT2D eigenvalue weighted by atomic mass is 16.2. The standard InChI is InChI=1S/C25H33N5O3/c1-4-5-14-29-23-22(24(32)27-25(29)33)30(16-17(2)3)20(26-23)12-13-21(31)28-15-8-10-18-9-6-7-11-19(18)28/h6-7,9,11,17H,4-5,8,10,12-16H2,1-3H3,(H,27,32,33). The SMILES string of the molecule is CCCCn1c(=O)[nH]c(=O)c2c1nc(CCC(=O)N1CCCc3ccccc31)n2CC(C)C. The van der Waals surface area contributed by atoms with Crippen molar-refractivity contribution in [3.63, 3.8) is 0 Å². The molecule has 0 aliphatic carbocycles. The fourth-order valence-electron chi connectivity index (χ4n) is 4.64. The van der Waals surface area contributed by atoms with Crippen LogP contribution in [-0.2, 0) is 30.7 Å². The first-order valence-corrected chi connectivity index (χ1v) is 12.0. The van der Waals surface area contributed by atoms with Crippen LogP contribution in [0.15, 0.2) is 33.9 Å². The summed E-state index contributed by atoms with van der Waals surface area (Å²) < 4.78 is 3.46. The summed E-state index contributed by atoms with van der Waals surface area (Å²) in [6.07, 6.45) is 4.40. The molecular weight excluding hydrogens is 418 g/mol. The second-order valence-electron chi connectivity index (χ2n) is 9.25. The van der Waals surface area contributed by atoms with Gasteiger partial charge in [-0.25, -0.2) is 9.78 Å². The number of fused-ring (bicyclic) bond motifs is 2. The number of nitrogens with zero attached hydrogens (tertiary/aromatic N) is 4. The van der Waals surface area contributed by atoms with Gasteiger partial charge in [0.25, 0.3) is 5.56 Å². The summed E-state index contributed by atoms with van der Waals surface area (Å²) in [5.74, 6) is 1.02. The fraction of sp³-hybridized carbons (Fsp3) is 0.520. The van der Waals surface area contributed by atoms with Gasteiger partial charge in [-0.15, -0.1) is 0 Å². The maximum atomic E-state index is 13.2. The van der Waals surface area contributed by atoms with E-state index in [1.165, 1.54) is 5.56 Å². The molecule has 0 spiro atoms. The lowest BCUT2D eigenvalue weighted by molar-refractivity contribution is -0.118. The van der Waals surface area contributed by atoms with Crippen LogP contribution >= 0.6 is 0 Å². The fourth-order valence-corrected chi connectivity index (χ4v) is 4.64. The molecule has 1 aromatic carbocycles. The van der Waals surface area contributed by atoms with E-state index in [4.69, 9.17) is 4.98 Å². The van der Waals surface area contributed by atoms with E-state index < -0.39 is 11.2 Å². The lowest BCUT2D eigenvalue weighted by Crippen LogP contribution is -2.35. The molecule has 1 aliphatic heterocycles. The van der Waals surface area contributed by atoms with Crippen molar-refractivity contribution in [1.82, 2.24) is 19.1 Å². The van der Waals surface area contributed by atoms with Crippen molar-refractivity contribution in [1.29, 1.82) is 0 Å². The molecule has 0 radical (unpaired) electrons. The second-order valence-corrected chi connectivity index (χ2v) is 9.25. The number of hydrogen-bond donors (Lipinski definition) is 1. The molecule has 2 aromatic heterocycles. The Balaban J connectivity index is 1.67. The van der Waals surface area contributed by atoms with Gasteiger partial charge in [0, 0.05) is 38.2 Å². The van der Waals surface area contributed by atoms with Crippen LogP contribution in [0.1, 0.15) is 57.8 Å². The van der Waals surface area contributed by atoms with E-state index in [0.717, 1.165) is 31.4 Å². The van der Waals surface area contributed by atoms with Crippen LogP contribution in [0.3, 0.4) is 0 Å². The van der Waals surface area contributed by atoms with E-state index >= 15 is 0 Å². The van der Waals surface area contributed by atoms with Crippen molar-refractivity contribution in [3.05, 3.63) is 56.5 Å². The number of amides is 1. The van der Waals surface area contributed by atoms with Crippen molar-refractivity contribution < 1.29 is 4.79 Å². The Kier molecular flexibility index (Phi) is 6.81. The Morgan fingerprint density at radius 2 is 1.97 bits per heavy atom. The number of unbranched alkanes of at least 4 members (excludes halogenated alkanes) is 1. The number of anilines is 1. The summed E-state index contributed by atoms with van der Waals surface area (Å²) in [6.45, 7) is 8.03. The minimum Gasteiger partial charge on any atom is -0.322 e. The Bertz CT molecular complexity index is 1270. The van der Waals surface area contributed by atoms with Crippen LogP contribution in [0.5, 0.6) is 0 Å². The number of aromatic amines is 1. The molecule has 8 nitrogen and oxygen atoms in total. The minimum atomic E-state index is -0.428. The van der Waals surface area contributed by atoms with Gasteiger partial charge in [-0.3, -0.25) is 19.1 Å². The van der Waals surface area contributed by atoms with Crippen LogP contribution in [0, 0.1) is 5.92 Å². The van der Waals surface area contributed by atoms with Crippen molar-refractivity contribution in [2.75, 3.05) is 11.4 Å². The molecular formula is C25H33N5O3. The minimum absolute atomic E-state index is 0.0579. The first kappa shape index (κ1) is 23.0. The molecule has 176 valence electrons. The van der Waals surface area contributed by atoms with E-state index in [1.807, 2.05) is 27.7 Å². The maximum Gasteiger partial charge on any atom is 0.330 e. The van der Waals surface area contributed by atoms with Gasteiger partial charge >= 0.3 is 5.69 Å². The van der Waals surface area contributed by atoms with Gasteiger partial charge in [-0.05, 0) is 36.8 Å². The molecule has 0 fully saturated rings. The summed E-state index contributed by atoms with van der Waals surface area (Å²) in [7, 11) is 0. The van der Waals surface area contributed by atoms with Crippen LogP contribution in [0.25, 0.3) is 11.2 Å². The van der Waals surface area contributed by atoms with Gasteiger partial charge in [0.05, 0.1) is 0 Å². The molecule has 0 atom stereocenters. The average Bonchev–Trinajstić information content (AvgIpc) is 3.14. The van der Waals surface area contributed by atoms with Gasteiger partial charge in [0.15, 0.2) is 11.2 Å². The Hall–Kier alpha value is -3.16. The largest absolute Gasteiger partial charge is 0.330 e. The number of aryl methyl sites for hydroxylation is 3. The Labute approximate surface area is 193 Å². The number of para-hydroxylation sites is 1. The summed E-state index contributed by atoms with van der Waals surface area (Å²) in [5.41, 5.74) is 2.19. The zero-order valence-electron chi connectivity index (χ0n) is 19.8. The molecule has 0 unspecified atom stereocenters. The van der Waals surface area contributed by atoms with Crippen LogP contribution in [0.2, 0.25) is 0 Å². The van der Waals surface area contributed by atoms with Gasteiger partial charge in [-0.1, -0.05) is 45.4 Å². The van der Waals surface area contributed by atoms with E-state index in [9.17, 15) is 14.4 Å². The quantitative estimate of drug-likeness (QED) is 0.569. The number of nitrogens with one attached hydrogen (secondary N) is 1. The third-order valence-corrected chi connectivity index (χ3v) is 6.22. The highest BCUT2D eigenvalue weighted by molar-refractivity contribution is 5.94. The van der Waals surface area contributed by atoms with Gasteiger partial charge < -0.3 is 9.47 Å². The number of aromatic nitrogens is 4. The lowest BCUT2D eigenvalue weighted by atomic mass is 10.0. The Morgan fingerprint density at radius 1 is 1.18 bits per heavy atom.